The Kier molecular flexibility index (Phi) is 4.22. The average molecular weight is 392 g/mol. The third-order valence-corrected chi connectivity index (χ3v) is 8.75. The Morgan fingerprint density at radius 2 is 1.79 bits per heavy atom. The highest BCUT2D eigenvalue weighted by Gasteiger charge is 2.79. The van der Waals surface area contributed by atoms with Gasteiger partial charge in [0.15, 0.2) is 5.78 Å². The van der Waals surface area contributed by atoms with E-state index in [1.807, 2.05) is 0 Å². The van der Waals surface area contributed by atoms with Crippen LogP contribution in [0.25, 0.3) is 0 Å². The largest absolute Gasteiger partial charge is 0.461 e. The molecule has 0 heterocycles. The fourth-order valence-corrected chi connectivity index (χ4v) is 7.81. The van der Waals surface area contributed by atoms with E-state index in [0.717, 1.165) is 19.3 Å². The van der Waals surface area contributed by atoms with Gasteiger partial charge in [0.25, 0.3) is 0 Å². The number of carbonyl (C=O) groups excluding carboxylic acids is 2. The first-order valence-electron chi connectivity index (χ1n) is 10.4. The van der Waals surface area contributed by atoms with Gasteiger partial charge < -0.3 is 20.1 Å². The molecular weight excluding hydrogens is 360 g/mol. The summed E-state index contributed by atoms with van der Waals surface area (Å²) < 4.78 is 5.59. The number of esters is 1. The molecule has 4 saturated carbocycles. The van der Waals surface area contributed by atoms with Gasteiger partial charge in [0.1, 0.15) is 11.5 Å². The summed E-state index contributed by atoms with van der Waals surface area (Å²) in [6, 6.07) is 0. The number of hydrogen-bond donors (Lipinski definition) is 3. The van der Waals surface area contributed by atoms with Crippen molar-refractivity contribution in [1.82, 2.24) is 0 Å². The minimum atomic E-state index is -1.44. The molecule has 0 saturated heterocycles. The first-order chi connectivity index (χ1) is 12.9. The van der Waals surface area contributed by atoms with Gasteiger partial charge in [-0.1, -0.05) is 33.8 Å². The zero-order valence-corrected chi connectivity index (χ0v) is 17.1. The summed E-state index contributed by atoms with van der Waals surface area (Å²) in [5.74, 6) is -2.43. The summed E-state index contributed by atoms with van der Waals surface area (Å²) >= 11 is 0. The molecule has 4 rings (SSSR count). The van der Waals surface area contributed by atoms with Crippen LogP contribution in [0.2, 0.25) is 0 Å². The van der Waals surface area contributed by atoms with Gasteiger partial charge in [-0.25, -0.2) is 0 Å². The molecule has 4 fully saturated rings. The van der Waals surface area contributed by atoms with Crippen molar-refractivity contribution in [2.75, 3.05) is 0 Å². The molecule has 4 aliphatic carbocycles. The molecule has 0 aliphatic heterocycles. The van der Waals surface area contributed by atoms with E-state index in [0.29, 0.717) is 6.42 Å². The van der Waals surface area contributed by atoms with E-state index < -0.39 is 53.1 Å². The second kappa shape index (κ2) is 5.89. The third kappa shape index (κ3) is 2.14. The molecule has 9 atom stereocenters. The maximum Gasteiger partial charge on any atom is 0.302 e. The van der Waals surface area contributed by atoms with Crippen molar-refractivity contribution in [2.45, 2.75) is 77.8 Å². The lowest BCUT2D eigenvalue weighted by molar-refractivity contribution is -0.273. The monoisotopic (exact) mass is 392 g/mol. The van der Waals surface area contributed by atoms with E-state index in [9.17, 15) is 24.9 Å². The van der Waals surface area contributed by atoms with Gasteiger partial charge in [-0.3, -0.25) is 9.59 Å². The normalized spacial score (nSPS) is 52.0. The van der Waals surface area contributed by atoms with Crippen molar-refractivity contribution >= 4 is 11.8 Å². The van der Waals surface area contributed by atoms with Crippen LogP contribution in [-0.2, 0) is 14.3 Å². The quantitative estimate of drug-likeness (QED) is 0.463. The lowest BCUT2D eigenvalue weighted by Crippen LogP contribution is -2.73. The van der Waals surface area contributed by atoms with Crippen molar-refractivity contribution in [1.29, 1.82) is 0 Å². The Bertz CT molecular complexity index is 743. The van der Waals surface area contributed by atoms with Gasteiger partial charge in [-0.2, -0.15) is 0 Å². The van der Waals surface area contributed by atoms with Crippen LogP contribution in [0.3, 0.4) is 0 Å². The SMILES string of the molecule is C=C1C(=O)[C@@]23[C@H](O)C[C@@H]4C(C)(C)CCC[C@@]4(C)[C@@H]2[C@@H](O)[C@H](O)[C@H]1[C@H]3OC(C)=O. The fraction of sp³-hybridized carbons (Fsp3) is 0.818. The molecule has 28 heavy (non-hydrogen) atoms. The molecule has 2 bridgehead atoms. The van der Waals surface area contributed by atoms with Crippen LogP contribution in [0.5, 0.6) is 0 Å². The van der Waals surface area contributed by atoms with Crippen molar-refractivity contribution in [3.63, 3.8) is 0 Å². The Labute approximate surface area is 166 Å². The van der Waals surface area contributed by atoms with E-state index in [-0.39, 0.29) is 22.7 Å². The van der Waals surface area contributed by atoms with Gasteiger partial charge in [0.05, 0.1) is 24.2 Å². The Balaban J connectivity index is 1.96. The van der Waals surface area contributed by atoms with Gasteiger partial charge in [-0.15, -0.1) is 0 Å². The third-order valence-electron chi connectivity index (χ3n) is 8.75. The van der Waals surface area contributed by atoms with Gasteiger partial charge in [-0.05, 0) is 41.6 Å². The number of carbonyl (C=O) groups is 2. The van der Waals surface area contributed by atoms with Crippen LogP contribution >= 0.6 is 0 Å². The number of hydrogen-bond acceptors (Lipinski definition) is 6. The molecule has 0 aromatic rings. The minimum absolute atomic E-state index is 0.0628. The Morgan fingerprint density at radius 1 is 1.14 bits per heavy atom. The van der Waals surface area contributed by atoms with Crippen LogP contribution in [0.1, 0.15) is 53.4 Å². The van der Waals surface area contributed by atoms with Gasteiger partial charge in [0, 0.05) is 12.8 Å². The first-order valence-corrected chi connectivity index (χ1v) is 10.4. The number of aliphatic hydroxyl groups excluding tert-OH is 3. The molecular formula is C22H32O6. The Morgan fingerprint density at radius 3 is 2.39 bits per heavy atom. The summed E-state index contributed by atoms with van der Waals surface area (Å²) in [4.78, 5) is 25.4. The van der Waals surface area contributed by atoms with Gasteiger partial charge in [0.2, 0.25) is 0 Å². The zero-order chi connectivity index (χ0) is 20.8. The van der Waals surface area contributed by atoms with Crippen LogP contribution in [-0.4, -0.2) is 51.5 Å². The zero-order valence-electron chi connectivity index (χ0n) is 17.1. The standard InChI is InChI=1S/C22H32O6/c1-10-14-15(25)16(26)17-21(5)8-6-7-20(3,4)12(21)9-13(24)22(17,18(10)27)19(14)28-11(2)23/h12-17,19,24-26H,1,6-9H2,2-5H3/t12-,13-,14+,15-,16+,17+,19-,21-,22-/m1/s1. The number of Topliss-reactive ketones (excluding diaryl/α,β-unsaturated/α-hetero) is 1. The van der Waals surface area contributed by atoms with Crippen LogP contribution in [0.4, 0.5) is 0 Å². The van der Waals surface area contributed by atoms with E-state index in [4.69, 9.17) is 4.74 Å². The summed E-state index contributed by atoms with van der Waals surface area (Å²) in [5.41, 5.74) is -1.82. The fourth-order valence-electron chi connectivity index (χ4n) is 7.81. The molecule has 6 nitrogen and oxygen atoms in total. The minimum Gasteiger partial charge on any atom is -0.461 e. The number of fused-ring (bicyclic) bond motifs is 3. The highest BCUT2D eigenvalue weighted by molar-refractivity contribution is 6.05. The Hall–Kier alpha value is -1.24. The van der Waals surface area contributed by atoms with Crippen LogP contribution in [0, 0.1) is 34.0 Å². The molecule has 1 spiro atoms. The first kappa shape index (κ1) is 20.0. The van der Waals surface area contributed by atoms with Crippen molar-refractivity contribution in [2.24, 2.45) is 34.0 Å². The smallest absolute Gasteiger partial charge is 0.302 e. The van der Waals surface area contributed by atoms with Crippen molar-refractivity contribution in [3.05, 3.63) is 12.2 Å². The molecule has 0 aromatic carbocycles. The average Bonchev–Trinajstić information content (AvgIpc) is 2.74. The topological polar surface area (TPSA) is 104 Å². The second-order valence-electron chi connectivity index (χ2n) is 10.5. The molecule has 0 radical (unpaired) electrons. The van der Waals surface area contributed by atoms with Crippen molar-refractivity contribution < 1.29 is 29.6 Å². The molecule has 0 unspecified atom stereocenters. The highest BCUT2D eigenvalue weighted by atomic mass is 16.5. The molecule has 0 aromatic heterocycles. The predicted molar refractivity (Wildman–Crippen MR) is 101 cm³/mol. The van der Waals surface area contributed by atoms with E-state index in [1.165, 1.54) is 6.92 Å². The molecule has 4 aliphatic rings. The summed E-state index contributed by atoms with van der Waals surface area (Å²) in [6.45, 7) is 11.6. The number of ether oxygens (including phenoxy) is 1. The van der Waals surface area contributed by atoms with Gasteiger partial charge >= 0.3 is 5.97 Å². The van der Waals surface area contributed by atoms with E-state index in [2.05, 4.69) is 27.4 Å². The lowest BCUT2D eigenvalue weighted by atomic mass is 9.39. The van der Waals surface area contributed by atoms with Crippen LogP contribution in [0.15, 0.2) is 12.2 Å². The lowest BCUT2D eigenvalue weighted by Gasteiger charge is -2.66. The maximum absolute atomic E-state index is 13.5. The van der Waals surface area contributed by atoms with Crippen molar-refractivity contribution in [3.8, 4) is 0 Å². The maximum atomic E-state index is 13.5. The predicted octanol–water partition coefficient (Wildman–Crippen LogP) is 1.61. The number of rotatable bonds is 1. The molecule has 0 amide bonds. The summed E-state index contributed by atoms with van der Waals surface area (Å²) in [7, 11) is 0. The summed E-state index contributed by atoms with van der Waals surface area (Å²) in [6.07, 6.45) is -1.34. The molecule has 156 valence electrons. The number of aliphatic hydroxyl groups is 3. The highest BCUT2D eigenvalue weighted by Crippen LogP contribution is 2.71. The van der Waals surface area contributed by atoms with E-state index in [1.54, 1.807) is 0 Å². The van der Waals surface area contributed by atoms with Crippen LogP contribution < -0.4 is 0 Å². The number of ketones is 1. The summed E-state index contributed by atoms with van der Waals surface area (Å²) in [5, 5.41) is 33.6. The molecule has 3 N–H and O–H groups in total. The second-order valence-corrected chi connectivity index (χ2v) is 10.5. The molecule has 6 heteroatoms. The van der Waals surface area contributed by atoms with E-state index >= 15 is 0 Å².